The lowest BCUT2D eigenvalue weighted by Crippen LogP contribution is -2.38. The molecule has 0 saturated heterocycles. The molecule has 0 aliphatic heterocycles. The van der Waals surface area contributed by atoms with Crippen LogP contribution in [-0.4, -0.2) is 24.0 Å². The van der Waals surface area contributed by atoms with Crippen molar-refractivity contribution in [1.82, 2.24) is 4.90 Å². The Morgan fingerprint density at radius 3 is 1.88 bits per heavy atom. The number of hydrogen-bond acceptors (Lipinski definition) is 1. The largest absolute Gasteiger partial charge is 0.300 e. The Bertz CT molecular complexity index is 847. The summed E-state index contributed by atoms with van der Waals surface area (Å²) in [6, 6.07) is 16.9. The highest BCUT2D eigenvalue weighted by Crippen LogP contribution is 2.51. The molecule has 2 aliphatic rings. The molecule has 180 valence electrons. The zero-order chi connectivity index (χ0) is 23.3. The molecule has 0 radical (unpaired) electrons. The second-order valence-corrected chi connectivity index (χ2v) is 10.3. The molecule has 0 aromatic heterocycles. The first-order valence-corrected chi connectivity index (χ1v) is 13.3. The van der Waals surface area contributed by atoms with Crippen molar-refractivity contribution in [2.24, 2.45) is 0 Å². The van der Waals surface area contributed by atoms with Gasteiger partial charge >= 0.3 is 0 Å². The zero-order valence-electron chi connectivity index (χ0n) is 20.6. The number of nitrogens with zero attached hydrogens (tertiary/aromatic N) is 1. The molecular weight excluding hydrogens is 412 g/mol. The Labute approximate surface area is 199 Å². The summed E-state index contributed by atoms with van der Waals surface area (Å²) < 4.78 is 31.3. The second kappa shape index (κ2) is 10.7. The minimum atomic E-state index is -1.25. The SMILES string of the molecule is CCCN(CCc1ccccc1)C(CC)CCc1c(C2(F)CCC2)cccc1C1(F)CCC1. The average Bonchev–Trinajstić information content (AvgIpc) is 2.80. The Hall–Kier alpha value is -1.74. The topological polar surface area (TPSA) is 3.24 Å². The van der Waals surface area contributed by atoms with Crippen molar-refractivity contribution in [1.29, 1.82) is 0 Å². The third kappa shape index (κ3) is 5.34. The van der Waals surface area contributed by atoms with E-state index >= 15 is 8.78 Å². The van der Waals surface area contributed by atoms with E-state index in [2.05, 4.69) is 49.1 Å². The van der Waals surface area contributed by atoms with Crippen molar-refractivity contribution in [3.63, 3.8) is 0 Å². The molecule has 33 heavy (non-hydrogen) atoms. The van der Waals surface area contributed by atoms with Crippen LogP contribution in [-0.2, 0) is 24.2 Å². The van der Waals surface area contributed by atoms with E-state index in [-0.39, 0.29) is 0 Å². The number of hydrogen-bond donors (Lipinski definition) is 0. The predicted octanol–water partition coefficient (Wildman–Crippen LogP) is 8.05. The first-order valence-electron chi connectivity index (χ1n) is 13.3. The fourth-order valence-corrected chi connectivity index (χ4v) is 5.85. The van der Waals surface area contributed by atoms with Gasteiger partial charge in [0.1, 0.15) is 11.3 Å². The molecule has 1 atom stereocenters. The average molecular weight is 454 g/mol. The standard InChI is InChI=1S/C30H41F2N/c1-3-22-33(23-17-24-11-6-5-7-12-24)25(4-2)15-16-26-27(29(31)18-9-19-29)13-8-14-28(26)30(32)20-10-21-30/h5-8,11-14,25H,3-4,9-10,15-23H2,1-2H3. The van der Waals surface area contributed by atoms with Gasteiger partial charge in [-0.1, -0.05) is 62.4 Å². The van der Waals surface area contributed by atoms with Gasteiger partial charge < -0.3 is 4.90 Å². The van der Waals surface area contributed by atoms with E-state index in [1.807, 2.05) is 18.2 Å². The molecule has 2 aromatic rings. The van der Waals surface area contributed by atoms with Crippen LogP contribution in [0.4, 0.5) is 8.78 Å². The Balaban J connectivity index is 1.53. The van der Waals surface area contributed by atoms with Crippen molar-refractivity contribution < 1.29 is 8.78 Å². The lowest BCUT2D eigenvalue weighted by molar-refractivity contribution is 0.0511. The summed E-state index contributed by atoms with van der Waals surface area (Å²) in [5.41, 5.74) is 1.44. The molecule has 2 saturated carbocycles. The predicted molar refractivity (Wildman–Crippen MR) is 134 cm³/mol. The van der Waals surface area contributed by atoms with Crippen molar-refractivity contribution in [2.75, 3.05) is 13.1 Å². The zero-order valence-corrected chi connectivity index (χ0v) is 20.6. The molecule has 1 nitrogen and oxygen atoms in total. The van der Waals surface area contributed by atoms with Crippen LogP contribution in [0.1, 0.15) is 93.9 Å². The summed E-state index contributed by atoms with van der Waals surface area (Å²) in [4.78, 5) is 2.61. The highest BCUT2D eigenvalue weighted by molar-refractivity contribution is 5.44. The summed E-state index contributed by atoms with van der Waals surface area (Å²) in [5.74, 6) is 0. The maximum absolute atomic E-state index is 15.7. The van der Waals surface area contributed by atoms with Gasteiger partial charge in [-0.15, -0.1) is 0 Å². The molecule has 4 rings (SSSR count). The molecule has 0 N–H and O–H groups in total. The molecule has 0 heterocycles. The summed E-state index contributed by atoms with van der Waals surface area (Å²) in [6.07, 6.45) is 9.15. The van der Waals surface area contributed by atoms with Crippen LogP contribution >= 0.6 is 0 Å². The third-order valence-corrected chi connectivity index (χ3v) is 8.19. The van der Waals surface area contributed by atoms with Gasteiger partial charge in [0.15, 0.2) is 0 Å². The van der Waals surface area contributed by atoms with Crippen LogP contribution in [0.2, 0.25) is 0 Å². The van der Waals surface area contributed by atoms with Crippen LogP contribution in [0.15, 0.2) is 48.5 Å². The van der Waals surface area contributed by atoms with Gasteiger partial charge in [0.05, 0.1) is 0 Å². The third-order valence-electron chi connectivity index (χ3n) is 8.19. The smallest absolute Gasteiger partial charge is 0.136 e. The monoisotopic (exact) mass is 453 g/mol. The van der Waals surface area contributed by atoms with Crippen molar-refractivity contribution in [2.45, 2.75) is 102 Å². The normalized spacial score (nSPS) is 19.7. The number of alkyl halides is 2. The van der Waals surface area contributed by atoms with Crippen molar-refractivity contribution in [3.8, 4) is 0 Å². The van der Waals surface area contributed by atoms with Gasteiger partial charge in [-0.25, -0.2) is 8.78 Å². The van der Waals surface area contributed by atoms with E-state index in [9.17, 15) is 0 Å². The Morgan fingerprint density at radius 2 is 1.39 bits per heavy atom. The molecule has 2 aromatic carbocycles. The number of halogens is 2. The van der Waals surface area contributed by atoms with Gasteiger partial charge in [0.25, 0.3) is 0 Å². The number of rotatable bonds is 12. The summed E-state index contributed by atoms with van der Waals surface area (Å²) in [5, 5.41) is 0. The second-order valence-electron chi connectivity index (χ2n) is 10.3. The van der Waals surface area contributed by atoms with E-state index in [0.717, 1.165) is 74.7 Å². The fourth-order valence-electron chi connectivity index (χ4n) is 5.85. The molecule has 1 unspecified atom stereocenters. The molecule has 2 fully saturated rings. The van der Waals surface area contributed by atoms with Gasteiger partial charge in [-0.2, -0.15) is 0 Å². The minimum absolute atomic E-state index is 0.434. The molecule has 3 heteroatoms. The molecule has 0 amide bonds. The first-order chi connectivity index (χ1) is 16.0. The maximum Gasteiger partial charge on any atom is 0.136 e. The van der Waals surface area contributed by atoms with Crippen LogP contribution in [0.25, 0.3) is 0 Å². The fraction of sp³-hybridized carbons (Fsp3) is 0.600. The summed E-state index contributed by atoms with van der Waals surface area (Å²) in [6.45, 7) is 6.60. The van der Waals surface area contributed by atoms with Gasteiger partial charge in [0.2, 0.25) is 0 Å². The molecular formula is C30H41F2N. The number of benzene rings is 2. The molecule has 0 bridgehead atoms. The van der Waals surface area contributed by atoms with Crippen LogP contribution in [0, 0.1) is 0 Å². The molecule has 2 aliphatic carbocycles. The van der Waals surface area contributed by atoms with E-state index < -0.39 is 11.3 Å². The lowest BCUT2D eigenvalue weighted by atomic mass is 9.69. The van der Waals surface area contributed by atoms with E-state index in [1.165, 1.54) is 5.56 Å². The van der Waals surface area contributed by atoms with E-state index in [0.29, 0.717) is 31.7 Å². The highest BCUT2D eigenvalue weighted by atomic mass is 19.1. The Morgan fingerprint density at radius 1 is 0.788 bits per heavy atom. The molecule has 0 spiro atoms. The first kappa shape index (κ1) is 24.4. The van der Waals surface area contributed by atoms with Crippen LogP contribution in [0.5, 0.6) is 0 Å². The Kier molecular flexibility index (Phi) is 7.89. The van der Waals surface area contributed by atoms with Gasteiger partial charge in [-0.3, -0.25) is 0 Å². The lowest BCUT2D eigenvalue weighted by Gasteiger charge is -2.41. The van der Waals surface area contributed by atoms with Crippen molar-refractivity contribution >= 4 is 0 Å². The summed E-state index contributed by atoms with van der Waals surface area (Å²) >= 11 is 0. The van der Waals surface area contributed by atoms with Gasteiger partial charge in [0, 0.05) is 12.6 Å². The highest BCUT2D eigenvalue weighted by Gasteiger charge is 2.45. The van der Waals surface area contributed by atoms with E-state index in [1.54, 1.807) is 0 Å². The minimum Gasteiger partial charge on any atom is -0.300 e. The van der Waals surface area contributed by atoms with Gasteiger partial charge in [-0.05, 0) is 99.4 Å². The van der Waals surface area contributed by atoms with Crippen molar-refractivity contribution in [3.05, 3.63) is 70.8 Å². The summed E-state index contributed by atoms with van der Waals surface area (Å²) in [7, 11) is 0. The quantitative estimate of drug-likeness (QED) is 0.314. The van der Waals surface area contributed by atoms with E-state index in [4.69, 9.17) is 0 Å². The maximum atomic E-state index is 15.7. The van der Waals surface area contributed by atoms with Crippen LogP contribution in [0.3, 0.4) is 0 Å². The van der Waals surface area contributed by atoms with Crippen LogP contribution < -0.4 is 0 Å².